The van der Waals surface area contributed by atoms with E-state index in [1.807, 2.05) is 37.3 Å². The highest BCUT2D eigenvalue weighted by molar-refractivity contribution is 14.1. The maximum absolute atomic E-state index is 12.6. The summed E-state index contributed by atoms with van der Waals surface area (Å²) in [4.78, 5) is 12.6. The minimum absolute atomic E-state index is 0.0297. The lowest BCUT2D eigenvalue weighted by Gasteiger charge is -2.14. The molecule has 168 valence electrons. The Morgan fingerprint density at radius 2 is 1.85 bits per heavy atom. The first-order chi connectivity index (χ1) is 15.8. The number of nitrogens with zero attached hydrogens (tertiary/aromatic N) is 1. The van der Waals surface area contributed by atoms with E-state index in [0.29, 0.717) is 32.8 Å². The molecule has 5 nitrogen and oxygen atoms in total. The van der Waals surface area contributed by atoms with Crippen LogP contribution in [0.4, 0.5) is 5.69 Å². The molecule has 1 amide bonds. The van der Waals surface area contributed by atoms with Crippen molar-refractivity contribution in [3.05, 3.63) is 90.5 Å². The van der Waals surface area contributed by atoms with E-state index in [2.05, 4.69) is 27.9 Å². The summed E-state index contributed by atoms with van der Waals surface area (Å²) in [5, 5.41) is 13.2. The number of nitrogens with one attached hydrogen (secondary N) is 1. The maximum Gasteiger partial charge on any atom is 0.266 e. The summed E-state index contributed by atoms with van der Waals surface area (Å²) in [7, 11) is 1.53. The molecule has 3 aromatic carbocycles. The number of rotatable bonds is 7. The summed E-state index contributed by atoms with van der Waals surface area (Å²) < 4.78 is 12.2. The number of hydrogen-bond acceptors (Lipinski definition) is 4. The van der Waals surface area contributed by atoms with Gasteiger partial charge in [-0.05, 0) is 83.1 Å². The third kappa shape index (κ3) is 6.64. The molecule has 0 radical (unpaired) electrons. The van der Waals surface area contributed by atoms with E-state index in [4.69, 9.17) is 32.7 Å². The summed E-state index contributed by atoms with van der Waals surface area (Å²) in [6, 6.07) is 18.1. The molecule has 0 saturated heterocycles. The van der Waals surface area contributed by atoms with Gasteiger partial charge in [0.1, 0.15) is 18.2 Å². The highest BCUT2D eigenvalue weighted by Crippen LogP contribution is 2.35. The minimum atomic E-state index is -0.490. The van der Waals surface area contributed by atoms with Crippen LogP contribution in [0.2, 0.25) is 10.0 Å². The molecule has 0 aliphatic heterocycles. The van der Waals surface area contributed by atoms with Gasteiger partial charge >= 0.3 is 0 Å². The first kappa shape index (κ1) is 24.9. The van der Waals surface area contributed by atoms with Crippen molar-refractivity contribution in [2.45, 2.75) is 13.5 Å². The molecule has 1 N–H and O–H groups in total. The van der Waals surface area contributed by atoms with Gasteiger partial charge < -0.3 is 14.8 Å². The molecular formula is C25H19Cl2IN2O3. The van der Waals surface area contributed by atoms with Gasteiger partial charge in [0.05, 0.1) is 20.7 Å². The molecule has 0 bridgehead atoms. The van der Waals surface area contributed by atoms with Gasteiger partial charge in [-0.2, -0.15) is 5.26 Å². The van der Waals surface area contributed by atoms with E-state index in [9.17, 15) is 10.1 Å². The van der Waals surface area contributed by atoms with Gasteiger partial charge in [0.25, 0.3) is 5.91 Å². The second kappa shape index (κ2) is 11.4. The minimum Gasteiger partial charge on any atom is -0.493 e. The van der Waals surface area contributed by atoms with E-state index < -0.39 is 5.91 Å². The third-order valence-electron chi connectivity index (χ3n) is 4.60. The molecule has 33 heavy (non-hydrogen) atoms. The first-order valence-corrected chi connectivity index (χ1v) is 11.6. The number of ether oxygens (including phenoxy) is 2. The lowest BCUT2D eigenvalue weighted by Crippen LogP contribution is -2.13. The second-order valence-corrected chi connectivity index (χ2v) is 9.04. The predicted octanol–water partition coefficient (Wildman–Crippen LogP) is 7.04. The number of nitriles is 1. The van der Waals surface area contributed by atoms with Gasteiger partial charge in [-0.15, -0.1) is 0 Å². The Labute approximate surface area is 216 Å². The Balaban J connectivity index is 1.81. The number of amides is 1. The van der Waals surface area contributed by atoms with Gasteiger partial charge in [0, 0.05) is 5.69 Å². The second-order valence-electron chi connectivity index (χ2n) is 7.06. The zero-order valence-electron chi connectivity index (χ0n) is 17.8. The predicted molar refractivity (Wildman–Crippen MR) is 140 cm³/mol. The van der Waals surface area contributed by atoms with Gasteiger partial charge in [-0.1, -0.05) is 47.0 Å². The monoisotopic (exact) mass is 592 g/mol. The zero-order chi connectivity index (χ0) is 24.0. The Hall–Kier alpha value is -2.73. The van der Waals surface area contributed by atoms with Crippen LogP contribution in [0.5, 0.6) is 11.5 Å². The molecule has 3 rings (SSSR count). The summed E-state index contributed by atoms with van der Waals surface area (Å²) in [5.74, 6) is 0.531. The number of halogens is 3. The zero-order valence-corrected chi connectivity index (χ0v) is 21.5. The Morgan fingerprint density at radius 1 is 1.12 bits per heavy atom. The average molecular weight is 593 g/mol. The number of methoxy groups -OCH3 is 1. The lowest BCUT2D eigenvalue weighted by atomic mass is 10.1. The molecule has 3 aromatic rings. The van der Waals surface area contributed by atoms with Crippen molar-refractivity contribution in [1.82, 2.24) is 0 Å². The number of carbonyl (C=O) groups is 1. The quantitative estimate of drug-likeness (QED) is 0.181. The van der Waals surface area contributed by atoms with E-state index in [-0.39, 0.29) is 12.2 Å². The topological polar surface area (TPSA) is 71.3 Å². The van der Waals surface area contributed by atoms with Crippen LogP contribution in [0.15, 0.2) is 60.2 Å². The number of aryl methyl sites for hydroxylation is 1. The summed E-state index contributed by atoms with van der Waals surface area (Å²) in [6.45, 7) is 2.22. The average Bonchev–Trinajstić information content (AvgIpc) is 2.80. The number of anilines is 1. The normalized spacial score (nSPS) is 11.0. The van der Waals surface area contributed by atoms with Crippen LogP contribution in [0.3, 0.4) is 0 Å². The van der Waals surface area contributed by atoms with Crippen LogP contribution >= 0.6 is 45.8 Å². The van der Waals surface area contributed by atoms with Crippen molar-refractivity contribution in [2.75, 3.05) is 12.4 Å². The summed E-state index contributed by atoms with van der Waals surface area (Å²) in [5.41, 5.74) is 3.15. The Morgan fingerprint density at radius 3 is 2.48 bits per heavy atom. The van der Waals surface area contributed by atoms with Crippen molar-refractivity contribution in [2.24, 2.45) is 0 Å². The van der Waals surface area contributed by atoms with E-state index in [1.165, 1.54) is 13.2 Å². The highest BCUT2D eigenvalue weighted by Gasteiger charge is 2.14. The fourth-order valence-corrected chi connectivity index (χ4v) is 4.00. The molecule has 0 aliphatic rings. The Bertz CT molecular complexity index is 1250. The molecular weight excluding hydrogens is 574 g/mol. The number of carbonyl (C=O) groups excluding carboxylic acids is 1. The van der Waals surface area contributed by atoms with Crippen molar-refractivity contribution >= 4 is 63.5 Å². The van der Waals surface area contributed by atoms with Gasteiger partial charge in [-0.25, -0.2) is 0 Å². The van der Waals surface area contributed by atoms with Gasteiger partial charge in [-0.3, -0.25) is 4.79 Å². The SMILES string of the molecule is COc1cc(/C=C(/C#N)C(=O)Nc2ccc(C)cc2)cc(I)c1OCc1ccc(Cl)c(Cl)c1. The molecule has 0 heterocycles. The molecule has 0 saturated carbocycles. The fourth-order valence-electron chi connectivity index (χ4n) is 2.90. The smallest absolute Gasteiger partial charge is 0.266 e. The van der Waals surface area contributed by atoms with E-state index in [1.54, 1.807) is 30.3 Å². The molecule has 0 unspecified atom stereocenters. The van der Waals surface area contributed by atoms with Crippen LogP contribution in [-0.2, 0) is 11.4 Å². The molecule has 0 spiro atoms. The standard InChI is InChI=1S/C25H19Cl2IN2O3/c1-15-3-6-19(7-4-15)30-25(31)18(13-29)9-17-11-22(28)24(23(12-17)32-2)33-14-16-5-8-20(26)21(27)10-16/h3-12H,14H2,1-2H3,(H,30,31)/b18-9-. The first-order valence-electron chi connectivity index (χ1n) is 9.74. The van der Waals surface area contributed by atoms with Crippen molar-refractivity contribution in [1.29, 1.82) is 5.26 Å². The largest absolute Gasteiger partial charge is 0.493 e. The maximum atomic E-state index is 12.6. The van der Waals surface area contributed by atoms with E-state index >= 15 is 0 Å². The van der Waals surface area contributed by atoms with Crippen LogP contribution in [0.1, 0.15) is 16.7 Å². The van der Waals surface area contributed by atoms with Crippen molar-refractivity contribution in [3.63, 3.8) is 0 Å². The third-order valence-corrected chi connectivity index (χ3v) is 6.14. The summed E-state index contributed by atoms with van der Waals surface area (Å²) >= 11 is 14.2. The van der Waals surface area contributed by atoms with Crippen LogP contribution in [-0.4, -0.2) is 13.0 Å². The molecule has 8 heteroatoms. The fraction of sp³-hybridized carbons (Fsp3) is 0.120. The van der Waals surface area contributed by atoms with Gasteiger partial charge in [0.15, 0.2) is 11.5 Å². The van der Waals surface area contributed by atoms with Crippen LogP contribution in [0.25, 0.3) is 6.08 Å². The molecule has 0 aliphatic carbocycles. The highest BCUT2D eigenvalue weighted by atomic mass is 127. The van der Waals surface area contributed by atoms with Crippen LogP contribution < -0.4 is 14.8 Å². The molecule has 0 atom stereocenters. The summed E-state index contributed by atoms with van der Waals surface area (Å²) in [6.07, 6.45) is 1.51. The number of hydrogen-bond donors (Lipinski definition) is 1. The van der Waals surface area contributed by atoms with Gasteiger partial charge in [0.2, 0.25) is 0 Å². The molecule has 0 fully saturated rings. The van der Waals surface area contributed by atoms with Crippen LogP contribution in [0, 0.1) is 21.8 Å². The number of benzene rings is 3. The van der Waals surface area contributed by atoms with E-state index in [0.717, 1.165) is 14.7 Å². The van der Waals surface area contributed by atoms with Crippen molar-refractivity contribution in [3.8, 4) is 17.6 Å². The lowest BCUT2D eigenvalue weighted by molar-refractivity contribution is -0.112. The Kier molecular flexibility index (Phi) is 8.61. The van der Waals surface area contributed by atoms with Crippen molar-refractivity contribution < 1.29 is 14.3 Å². The molecule has 0 aromatic heterocycles.